The first kappa shape index (κ1) is 15.3. The zero-order chi connectivity index (χ0) is 14.6. The lowest BCUT2D eigenvalue weighted by Crippen LogP contribution is -2.42. The molecule has 1 rings (SSSR count). The highest BCUT2D eigenvalue weighted by molar-refractivity contribution is 6.36. The minimum Gasteiger partial charge on any atom is -0.449 e. The number of halogens is 2. The molecule has 0 bridgehead atoms. The smallest absolute Gasteiger partial charge is 0.340 e. The molecule has 19 heavy (non-hydrogen) atoms. The number of carbonyl (C=O) groups excluding carboxylic acids is 3. The molecule has 102 valence electrons. The Morgan fingerprint density at radius 2 is 1.95 bits per heavy atom. The predicted octanol–water partition coefficient (Wildman–Crippen LogP) is 1.73. The average molecular weight is 305 g/mol. The van der Waals surface area contributed by atoms with Crippen molar-refractivity contribution in [1.82, 2.24) is 5.32 Å². The van der Waals surface area contributed by atoms with E-state index >= 15 is 0 Å². The quantitative estimate of drug-likeness (QED) is 0.831. The van der Waals surface area contributed by atoms with E-state index in [2.05, 4.69) is 0 Å². The zero-order valence-corrected chi connectivity index (χ0v) is 11.3. The largest absolute Gasteiger partial charge is 0.449 e. The second-order valence-corrected chi connectivity index (χ2v) is 4.37. The third-order valence-electron chi connectivity index (χ3n) is 2.05. The molecule has 0 aromatic heterocycles. The van der Waals surface area contributed by atoms with E-state index in [0.29, 0.717) is 5.02 Å². The molecule has 3 amide bonds. The van der Waals surface area contributed by atoms with Crippen molar-refractivity contribution < 1.29 is 19.1 Å². The fraction of sp³-hybridized carbons (Fsp3) is 0.182. The first-order valence-corrected chi connectivity index (χ1v) is 5.83. The first-order valence-electron chi connectivity index (χ1n) is 5.07. The van der Waals surface area contributed by atoms with Crippen LogP contribution in [0.1, 0.15) is 17.3 Å². The molecule has 8 heteroatoms. The molecular weight excluding hydrogens is 295 g/mol. The van der Waals surface area contributed by atoms with Crippen LogP contribution in [0, 0.1) is 0 Å². The van der Waals surface area contributed by atoms with E-state index < -0.39 is 24.0 Å². The predicted molar refractivity (Wildman–Crippen MR) is 69.1 cm³/mol. The Bertz CT molecular complexity index is 533. The van der Waals surface area contributed by atoms with Crippen LogP contribution in [0.2, 0.25) is 10.0 Å². The summed E-state index contributed by atoms with van der Waals surface area (Å²) in [6, 6.07) is 3.16. The maximum atomic E-state index is 11.7. The first-order chi connectivity index (χ1) is 8.81. The Balaban J connectivity index is 2.74. The number of amides is 3. The molecule has 0 aliphatic heterocycles. The minimum absolute atomic E-state index is 0.0600. The number of carbonyl (C=O) groups is 3. The van der Waals surface area contributed by atoms with Crippen molar-refractivity contribution in [2.45, 2.75) is 13.0 Å². The summed E-state index contributed by atoms with van der Waals surface area (Å²) in [6.45, 7) is 1.29. The van der Waals surface area contributed by atoms with Gasteiger partial charge in [-0.15, -0.1) is 0 Å². The topological polar surface area (TPSA) is 98.5 Å². The van der Waals surface area contributed by atoms with Gasteiger partial charge < -0.3 is 10.5 Å². The third-order valence-corrected chi connectivity index (χ3v) is 2.60. The van der Waals surface area contributed by atoms with E-state index in [9.17, 15) is 14.4 Å². The molecule has 1 aromatic carbocycles. The molecule has 0 unspecified atom stereocenters. The number of nitrogens with two attached hydrogens (primary N) is 1. The van der Waals surface area contributed by atoms with Gasteiger partial charge in [0.1, 0.15) is 0 Å². The van der Waals surface area contributed by atoms with Gasteiger partial charge in [-0.3, -0.25) is 10.1 Å². The molecule has 3 N–H and O–H groups in total. The Morgan fingerprint density at radius 1 is 1.32 bits per heavy atom. The highest BCUT2D eigenvalue weighted by Gasteiger charge is 2.21. The zero-order valence-electron chi connectivity index (χ0n) is 9.78. The third kappa shape index (κ3) is 4.42. The fourth-order valence-corrected chi connectivity index (χ4v) is 1.64. The van der Waals surface area contributed by atoms with Gasteiger partial charge in [0.05, 0.1) is 10.6 Å². The molecule has 0 fully saturated rings. The van der Waals surface area contributed by atoms with Gasteiger partial charge in [0.25, 0.3) is 5.91 Å². The van der Waals surface area contributed by atoms with Crippen molar-refractivity contribution in [3.63, 3.8) is 0 Å². The molecule has 0 spiro atoms. The van der Waals surface area contributed by atoms with E-state index in [1.807, 2.05) is 0 Å². The Kier molecular flexibility index (Phi) is 5.14. The second-order valence-electron chi connectivity index (χ2n) is 3.53. The summed E-state index contributed by atoms with van der Waals surface area (Å²) in [4.78, 5) is 33.5. The van der Waals surface area contributed by atoms with E-state index in [-0.39, 0.29) is 10.6 Å². The molecule has 1 atom stereocenters. The maximum absolute atomic E-state index is 11.7. The van der Waals surface area contributed by atoms with Crippen molar-refractivity contribution in [3.05, 3.63) is 33.8 Å². The number of urea groups is 1. The fourth-order valence-electron chi connectivity index (χ4n) is 1.16. The number of ether oxygens (including phenoxy) is 1. The Hall–Kier alpha value is -1.79. The normalized spacial score (nSPS) is 11.5. The monoisotopic (exact) mass is 304 g/mol. The maximum Gasteiger partial charge on any atom is 0.340 e. The number of esters is 1. The van der Waals surface area contributed by atoms with E-state index in [1.54, 1.807) is 5.32 Å². The summed E-state index contributed by atoms with van der Waals surface area (Å²) in [7, 11) is 0. The molecule has 0 aliphatic carbocycles. The molecule has 6 nitrogen and oxygen atoms in total. The summed E-state index contributed by atoms with van der Waals surface area (Å²) in [5.41, 5.74) is 4.83. The standard InChI is InChI=1S/C11H10Cl2N2O4/c1-5(9(16)15-11(14)18)19-10(17)7-3-2-6(12)4-8(7)13/h2-5H,1H3,(H3,14,15,16,18)/t5-/m0/s1. The van der Waals surface area contributed by atoms with Gasteiger partial charge in [0.2, 0.25) is 0 Å². The highest BCUT2D eigenvalue weighted by Crippen LogP contribution is 2.21. The van der Waals surface area contributed by atoms with Crippen molar-refractivity contribution in [2.75, 3.05) is 0 Å². The lowest BCUT2D eigenvalue weighted by molar-refractivity contribution is -0.127. The van der Waals surface area contributed by atoms with Crippen LogP contribution in [-0.2, 0) is 9.53 Å². The minimum atomic E-state index is -1.19. The van der Waals surface area contributed by atoms with Crippen LogP contribution < -0.4 is 11.1 Å². The summed E-state index contributed by atoms with van der Waals surface area (Å²) < 4.78 is 4.83. The van der Waals surface area contributed by atoms with Gasteiger partial charge in [0.15, 0.2) is 6.10 Å². The number of benzene rings is 1. The average Bonchev–Trinajstić information content (AvgIpc) is 2.27. The lowest BCUT2D eigenvalue weighted by Gasteiger charge is -2.12. The van der Waals surface area contributed by atoms with Crippen LogP contribution in [0.3, 0.4) is 0 Å². The van der Waals surface area contributed by atoms with Gasteiger partial charge >= 0.3 is 12.0 Å². The van der Waals surface area contributed by atoms with Crippen molar-refractivity contribution in [2.24, 2.45) is 5.73 Å². The second kappa shape index (κ2) is 6.40. The summed E-state index contributed by atoms with van der Waals surface area (Å²) in [6.07, 6.45) is -1.19. The van der Waals surface area contributed by atoms with E-state index in [0.717, 1.165) is 0 Å². The highest BCUT2D eigenvalue weighted by atomic mass is 35.5. The molecule has 0 radical (unpaired) electrons. The van der Waals surface area contributed by atoms with Gasteiger partial charge in [-0.25, -0.2) is 9.59 Å². The summed E-state index contributed by atoms with van der Waals surface area (Å²) in [5, 5.41) is 2.25. The molecule has 0 saturated carbocycles. The van der Waals surface area contributed by atoms with Crippen LogP contribution in [0.25, 0.3) is 0 Å². The van der Waals surface area contributed by atoms with Crippen molar-refractivity contribution in [1.29, 1.82) is 0 Å². The lowest BCUT2D eigenvalue weighted by atomic mass is 10.2. The van der Waals surface area contributed by atoms with Crippen LogP contribution >= 0.6 is 23.2 Å². The number of hydrogen-bond acceptors (Lipinski definition) is 4. The van der Waals surface area contributed by atoms with Crippen LogP contribution in [-0.4, -0.2) is 24.0 Å². The van der Waals surface area contributed by atoms with Crippen LogP contribution in [0.15, 0.2) is 18.2 Å². The van der Waals surface area contributed by atoms with Crippen molar-refractivity contribution >= 4 is 41.1 Å². The van der Waals surface area contributed by atoms with Crippen LogP contribution in [0.5, 0.6) is 0 Å². The molecule has 1 aromatic rings. The number of rotatable bonds is 3. The van der Waals surface area contributed by atoms with E-state index in [1.165, 1.54) is 25.1 Å². The molecular formula is C11H10Cl2N2O4. The number of nitrogens with one attached hydrogen (secondary N) is 1. The van der Waals surface area contributed by atoms with Crippen molar-refractivity contribution in [3.8, 4) is 0 Å². The van der Waals surface area contributed by atoms with Gasteiger partial charge in [-0.1, -0.05) is 23.2 Å². The van der Waals surface area contributed by atoms with Gasteiger partial charge in [0, 0.05) is 5.02 Å². The van der Waals surface area contributed by atoms with Gasteiger partial charge in [-0.2, -0.15) is 0 Å². The Morgan fingerprint density at radius 3 is 2.47 bits per heavy atom. The SMILES string of the molecule is C[C@H](OC(=O)c1ccc(Cl)cc1Cl)C(=O)NC(N)=O. The van der Waals surface area contributed by atoms with Gasteiger partial charge in [-0.05, 0) is 25.1 Å². The number of imide groups is 1. The molecule has 0 aliphatic rings. The number of hydrogen-bond donors (Lipinski definition) is 2. The summed E-state index contributed by atoms with van der Waals surface area (Å²) >= 11 is 11.5. The van der Waals surface area contributed by atoms with Crippen LogP contribution in [0.4, 0.5) is 4.79 Å². The summed E-state index contributed by atoms with van der Waals surface area (Å²) in [5.74, 6) is -1.64. The molecule has 0 heterocycles. The molecule has 0 saturated heterocycles. The van der Waals surface area contributed by atoms with E-state index in [4.69, 9.17) is 33.7 Å². The Labute approximate surface area is 118 Å². The number of primary amides is 1.